The van der Waals surface area contributed by atoms with E-state index in [0.717, 1.165) is 48.8 Å². The van der Waals surface area contributed by atoms with E-state index in [1.54, 1.807) is 11.7 Å². The molecule has 2 aromatic heterocycles. The molecule has 2 heterocycles. The summed E-state index contributed by atoms with van der Waals surface area (Å²) in [7, 11) is 1.62. The van der Waals surface area contributed by atoms with Crippen molar-refractivity contribution in [2.24, 2.45) is 0 Å². The van der Waals surface area contributed by atoms with Gasteiger partial charge in [-0.25, -0.2) is 0 Å². The number of hydrogen-bond acceptors (Lipinski definition) is 4. The molecular weight excluding hydrogens is 412 g/mol. The van der Waals surface area contributed by atoms with Crippen LogP contribution >= 0.6 is 12.2 Å². The topological polar surface area (TPSA) is 91.9 Å². The fraction of sp³-hybridized carbons (Fsp3) is 0.522. The van der Waals surface area contributed by atoms with Crippen molar-refractivity contribution in [2.45, 2.75) is 70.4 Å². The Morgan fingerprint density at radius 3 is 2.74 bits per heavy atom. The molecule has 1 aliphatic carbocycles. The van der Waals surface area contributed by atoms with Gasteiger partial charge in [-0.3, -0.25) is 14.2 Å². The molecule has 0 aliphatic heterocycles. The van der Waals surface area contributed by atoms with Crippen LogP contribution in [0.3, 0.4) is 0 Å². The maximum Gasteiger partial charge on any atom is 0.278 e. The lowest BCUT2D eigenvalue weighted by atomic mass is 9.95. The lowest BCUT2D eigenvalue weighted by Gasteiger charge is -2.22. The number of carbonyl (C=O) groups is 1. The van der Waals surface area contributed by atoms with Crippen molar-refractivity contribution in [3.05, 3.63) is 33.3 Å². The molecule has 1 amide bonds. The molecule has 4 rings (SSSR count). The Kier molecular flexibility index (Phi) is 6.75. The molecule has 0 radical (unpaired) electrons. The van der Waals surface area contributed by atoms with Gasteiger partial charge in [-0.15, -0.1) is 0 Å². The molecule has 3 aromatic rings. The highest BCUT2D eigenvalue weighted by atomic mass is 32.1. The van der Waals surface area contributed by atoms with E-state index in [-0.39, 0.29) is 11.5 Å². The van der Waals surface area contributed by atoms with E-state index >= 15 is 0 Å². The number of fused-ring (bicyclic) bond motifs is 3. The molecule has 8 heteroatoms. The summed E-state index contributed by atoms with van der Waals surface area (Å²) < 4.78 is 7.31. The number of nitrogens with one attached hydrogen (secondary N) is 3. The van der Waals surface area contributed by atoms with Crippen LogP contribution in [0, 0.1) is 4.77 Å². The van der Waals surface area contributed by atoms with Gasteiger partial charge in [0.2, 0.25) is 5.91 Å². The van der Waals surface area contributed by atoms with Crippen LogP contribution in [0.15, 0.2) is 23.0 Å². The molecule has 0 unspecified atom stereocenters. The lowest BCUT2D eigenvalue weighted by Crippen LogP contribution is -2.35. The molecule has 1 saturated carbocycles. The molecule has 166 valence electrons. The second kappa shape index (κ2) is 9.68. The Balaban J connectivity index is 1.36. The number of methoxy groups -OCH3 is 1. The van der Waals surface area contributed by atoms with Crippen molar-refractivity contribution in [1.29, 1.82) is 0 Å². The van der Waals surface area contributed by atoms with Crippen LogP contribution in [-0.4, -0.2) is 33.6 Å². The van der Waals surface area contributed by atoms with E-state index in [1.807, 2.05) is 18.2 Å². The molecule has 0 spiro atoms. The molecule has 1 fully saturated rings. The number of aromatic amines is 2. The number of aromatic nitrogens is 3. The minimum absolute atomic E-state index is 0.121. The summed E-state index contributed by atoms with van der Waals surface area (Å²) in [5.41, 5.74) is 1.97. The van der Waals surface area contributed by atoms with Crippen LogP contribution in [0.2, 0.25) is 0 Å². The highest BCUT2D eigenvalue weighted by Crippen LogP contribution is 2.26. The summed E-state index contributed by atoms with van der Waals surface area (Å²) in [6.07, 6.45) is 8.97. The molecule has 0 saturated heterocycles. The first kappa shape index (κ1) is 21.6. The highest BCUT2D eigenvalue weighted by molar-refractivity contribution is 7.71. The third-order valence-corrected chi connectivity index (χ3v) is 6.52. The van der Waals surface area contributed by atoms with E-state index in [1.165, 1.54) is 19.3 Å². The van der Waals surface area contributed by atoms with Crippen molar-refractivity contribution in [2.75, 3.05) is 7.11 Å². The van der Waals surface area contributed by atoms with Gasteiger partial charge >= 0.3 is 0 Å². The van der Waals surface area contributed by atoms with Crippen LogP contribution in [0.1, 0.15) is 57.8 Å². The molecular formula is C23H30N4O3S. The summed E-state index contributed by atoms with van der Waals surface area (Å²) in [6, 6.07) is 6.01. The maximum atomic E-state index is 13.0. The van der Waals surface area contributed by atoms with E-state index in [9.17, 15) is 9.59 Å². The van der Waals surface area contributed by atoms with Crippen molar-refractivity contribution >= 4 is 40.1 Å². The number of carbonyl (C=O) groups excluding carboxylic acids is 1. The highest BCUT2D eigenvalue weighted by Gasteiger charge is 2.15. The van der Waals surface area contributed by atoms with Crippen LogP contribution in [0.5, 0.6) is 5.75 Å². The molecule has 0 atom stereocenters. The summed E-state index contributed by atoms with van der Waals surface area (Å²) in [5.74, 6) is 0.876. The van der Waals surface area contributed by atoms with E-state index in [2.05, 4.69) is 15.3 Å². The minimum atomic E-state index is -0.121. The van der Waals surface area contributed by atoms with Gasteiger partial charge in [0.1, 0.15) is 11.3 Å². The maximum absolute atomic E-state index is 13.0. The number of benzene rings is 1. The van der Waals surface area contributed by atoms with Crippen LogP contribution in [-0.2, 0) is 11.3 Å². The fourth-order valence-corrected chi connectivity index (χ4v) is 4.75. The zero-order valence-corrected chi connectivity index (χ0v) is 18.8. The van der Waals surface area contributed by atoms with E-state index in [4.69, 9.17) is 17.0 Å². The first-order chi connectivity index (χ1) is 15.1. The van der Waals surface area contributed by atoms with Crippen molar-refractivity contribution in [3.8, 4) is 5.75 Å². The normalized spacial score (nSPS) is 14.9. The number of unbranched alkanes of at least 4 members (excludes halogenated alkanes) is 2. The van der Waals surface area contributed by atoms with Crippen molar-refractivity contribution < 1.29 is 9.53 Å². The monoisotopic (exact) mass is 442 g/mol. The van der Waals surface area contributed by atoms with E-state index < -0.39 is 0 Å². The molecule has 0 bridgehead atoms. The molecule has 31 heavy (non-hydrogen) atoms. The Morgan fingerprint density at radius 1 is 1.16 bits per heavy atom. The Morgan fingerprint density at radius 2 is 1.97 bits per heavy atom. The number of rotatable bonds is 8. The van der Waals surface area contributed by atoms with Crippen LogP contribution in [0.4, 0.5) is 0 Å². The van der Waals surface area contributed by atoms with Gasteiger partial charge < -0.3 is 20.0 Å². The Hall–Kier alpha value is -2.61. The second-order valence-electron chi connectivity index (χ2n) is 8.39. The Labute approximate surface area is 186 Å². The molecule has 3 N–H and O–H groups in total. The average molecular weight is 443 g/mol. The third kappa shape index (κ3) is 4.84. The SMILES string of the molecule is COc1ccc2[nH]c3c(=O)n(CCCCCC(=O)NC4CCCCC4)c(=S)[nH]c3c2c1. The molecule has 1 aliphatic rings. The van der Waals surface area contributed by atoms with Crippen LogP contribution < -0.4 is 15.6 Å². The number of ether oxygens (including phenoxy) is 1. The first-order valence-electron chi connectivity index (χ1n) is 11.2. The van der Waals surface area contributed by atoms with Crippen molar-refractivity contribution in [3.63, 3.8) is 0 Å². The average Bonchev–Trinajstić information content (AvgIpc) is 3.14. The fourth-order valence-electron chi connectivity index (χ4n) is 4.47. The lowest BCUT2D eigenvalue weighted by molar-refractivity contribution is -0.122. The summed E-state index contributed by atoms with van der Waals surface area (Å²) in [4.78, 5) is 31.6. The van der Waals surface area contributed by atoms with Gasteiger partial charge in [-0.2, -0.15) is 0 Å². The quantitative estimate of drug-likeness (QED) is 0.352. The molecule has 1 aromatic carbocycles. The van der Waals surface area contributed by atoms with Gasteiger partial charge in [0.15, 0.2) is 4.77 Å². The van der Waals surface area contributed by atoms with Gasteiger partial charge in [0.05, 0.1) is 12.6 Å². The largest absolute Gasteiger partial charge is 0.497 e. The number of nitrogens with zero attached hydrogens (tertiary/aromatic N) is 1. The summed E-state index contributed by atoms with van der Waals surface area (Å²) >= 11 is 5.47. The number of hydrogen-bond donors (Lipinski definition) is 3. The minimum Gasteiger partial charge on any atom is -0.497 e. The van der Waals surface area contributed by atoms with Gasteiger partial charge in [-0.1, -0.05) is 25.7 Å². The predicted octanol–water partition coefficient (Wildman–Crippen LogP) is 4.56. The standard InChI is InChI=1S/C23H30N4O3S/c1-30-16-11-12-18-17(14-16)20-21(25-18)22(29)27(23(31)26-20)13-7-3-6-10-19(28)24-15-8-4-2-5-9-15/h11-12,14-15,25H,2-10,13H2,1H3,(H,24,28)(H,26,31). The first-order valence-corrected chi connectivity index (χ1v) is 11.6. The Bertz CT molecular complexity index is 1190. The molecule has 7 nitrogen and oxygen atoms in total. The summed E-state index contributed by atoms with van der Waals surface area (Å²) in [5, 5.41) is 4.04. The third-order valence-electron chi connectivity index (χ3n) is 6.20. The zero-order valence-electron chi connectivity index (χ0n) is 18.0. The number of amides is 1. The van der Waals surface area contributed by atoms with Gasteiger partial charge in [-0.05, 0) is 56.1 Å². The van der Waals surface area contributed by atoms with Gasteiger partial charge in [0, 0.05) is 29.9 Å². The predicted molar refractivity (Wildman–Crippen MR) is 125 cm³/mol. The van der Waals surface area contributed by atoms with Crippen molar-refractivity contribution in [1.82, 2.24) is 19.9 Å². The summed E-state index contributed by atoms with van der Waals surface area (Å²) in [6.45, 7) is 0.535. The van der Waals surface area contributed by atoms with Gasteiger partial charge in [0.25, 0.3) is 5.56 Å². The number of H-pyrrole nitrogens is 2. The second-order valence-corrected chi connectivity index (χ2v) is 8.77. The van der Waals surface area contributed by atoms with E-state index in [0.29, 0.717) is 34.8 Å². The van der Waals surface area contributed by atoms with Crippen LogP contribution in [0.25, 0.3) is 21.9 Å². The zero-order chi connectivity index (χ0) is 21.8. The smallest absolute Gasteiger partial charge is 0.278 e.